The first-order chi connectivity index (χ1) is 8.59. The Hall–Kier alpha value is -1.39. The fourth-order valence-electron chi connectivity index (χ4n) is 1.63. The summed E-state index contributed by atoms with van der Waals surface area (Å²) in [5.74, 6) is -0.142. The summed E-state index contributed by atoms with van der Waals surface area (Å²) in [5, 5.41) is 20.8. The molecule has 1 aromatic carbocycles. The zero-order chi connectivity index (χ0) is 13.4. The van der Waals surface area contributed by atoms with Crippen LogP contribution in [0.5, 0.6) is 0 Å². The van der Waals surface area contributed by atoms with Crippen LogP contribution < -0.4 is 5.32 Å². The van der Waals surface area contributed by atoms with Crippen molar-refractivity contribution in [1.29, 1.82) is 0 Å². The van der Waals surface area contributed by atoms with Gasteiger partial charge in [-0.25, -0.2) is 0 Å². The van der Waals surface area contributed by atoms with Crippen molar-refractivity contribution in [2.24, 2.45) is 0 Å². The van der Waals surface area contributed by atoms with Crippen LogP contribution in [0.4, 0.5) is 0 Å². The van der Waals surface area contributed by atoms with Gasteiger partial charge in [0, 0.05) is 6.42 Å². The smallest absolute Gasteiger partial charge is 0.220 e. The predicted molar refractivity (Wildman–Crippen MR) is 70.1 cm³/mol. The Morgan fingerprint density at radius 1 is 1.22 bits per heavy atom. The van der Waals surface area contributed by atoms with E-state index in [1.165, 1.54) is 5.56 Å². The highest BCUT2D eigenvalue weighted by molar-refractivity contribution is 5.76. The summed E-state index contributed by atoms with van der Waals surface area (Å²) in [4.78, 5) is 11.6. The molecule has 0 aromatic heterocycles. The van der Waals surface area contributed by atoms with E-state index in [4.69, 9.17) is 10.2 Å². The zero-order valence-corrected chi connectivity index (χ0v) is 10.7. The van der Waals surface area contributed by atoms with Gasteiger partial charge in [-0.05, 0) is 25.3 Å². The second-order valence-electron chi connectivity index (χ2n) is 4.76. The van der Waals surface area contributed by atoms with Gasteiger partial charge in [0.15, 0.2) is 0 Å². The predicted octanol–water partition coefficient (Wildman–Crippen LogP) is 0.869. The molecule has 0 unspecified atom stereocenters. The summed E-state index contributed by atoms with van der Waals surface area (Å²) in [5.41, 5.74) is 0.279. The van der Waals surface area contributed by atoms with Crippen molar-refractivity contribution >= 4 is 5.91 Å². The molecule has 0 atom stereocenters. The highest BCUT2D eigenvalue weighted by Crippen LogP contribution is 2.06. The molecule has 0 fully saturated rings. The maximum absolute atomic E-state index is 11.6. The molecule has 4 heteroatoms. The Labute approximate surface area is 108 Å². The fourth-order valence-corrected chi connectivity index (χ4v) is 1.63. The van der Waals surface area contributed by atoms with Crippen LogP contribution in [0.1, 0.15) is 25.3 Å². The highest BCUT2D eigenvalue weighted by Gasteiger charge is 2.23. The minimum absolute atomic E-state index is 0.142. The first kappa shape index (κ1) is 14.7. The lowest BCUT2D eigenvalue weighted by molar-refractivity contribution is -0.124. The molecule has 0 radical (unpaired) electrons. The monoisotopic (exact) mass is 251 g/mol. The number of aryl methyl sites for hydroxylation is 1. The standard InChI is InChI=1S/C14H21NO3/c1-14(10-16,11-17)15-13(18)9-5-8-12-6-3-2-4-7-12/h2-4,6-7,16-17H,5,8-11H2,1H3,(H,15,18). The summed E-state index contributed by atoms with van der Waals surface area (Å²) in [6.07, 6.45) is 2.00. The average Bonchev–Trinajstić information content (AvgIpc) is 2.40. The Morgan fingerprint density at radius 3 is 2.39 bits per heavy atom. The van der Waals surface area contributed by atoms with Crippen LogP contribution in [0.3, 0.4) is 0 Å². The topological polar surface area (TPSA) is 69.6 Å². The van der Waals surface area contributed by atoms with Crippen molar-refractivity contribution < 1.29 is 15.0 Å². The number of rotatable bonds is 7. The number of aliphatic hydroxyl groups is 2. The van der Waals surface area contributed by atoms with Crippen LogP contribution in [-0.2, 0) is 11.2 Å². The summed E-state index contributed by atoms with van der Waals surface area (Å²) < 4.78 is 0. The molecule has 0 saturated heterocycles. The van der Waals surface area contributed by atoms with Crippen molar-refractivity contribution in [3.63, 3.8) is 0 Å². The van der Waals surface area contributed by atoms with Gasteiger partial charge >= 0.3 is 0 Å². The second-order valence-corrected chi connectivity index (χ2v) is 4.76. The lowest BCUT2D eigenvalue weighted by Gasteiger charge is -2.26. The van der Waals surface area contributed by atoms with Crippen LogP contribution in [0, 0.1) is 0 Å². The largest absolute Gasteiger partial charge is 0.394 e. The third kappa shape index (κ3) is 4.85. The molecule has 18 heavy (non-hydrogen) atoms. The van der Waals surface area contributed by atoms with E-state index in [-0.39, 0.29) is 19.1 Å². The number of nitrogens with one attached hydrogen (secondary N) is 1. The van der Waals surface area contributed by atoms with E-state index in [0.29, 0.717) is 6.42 Å². The first-order valence-electron chi connectivity index (χ1n) is 6.16. The van der Waals surface area contributed by atoms with E-state index in [2.05, 4.69) is 5.32 Å². The van der Waals surface area contributed by atoms with Gasteiger partial charge in [-0.15, -0.1) is 0 Å². The Morgan fingerprint density at radius 2 is 1.83 bits per heavy atom. The van der Waals surface area contributed by atoms with E-state index >= 15 is 0 Å². The van der Waals surface area contributed by atoms with Crippen LogP contribution in [0.2, 0.25) is 0 Å². The molecule has 0 saturated carbocycles. The van der Waals surface area contributed by atoms with Gasteiger partial charge in [0.05, 0.1) is 18.8 Å². The van der Waals surface area contributed by atoms with Gasteiger partial charge in [-0.1, -0.05) is 30.3 Å². The minimum atomic E-state index is -0.927. The summed E-state index contributed by atoms with van der Waals surface area (Å²) >= 11 is 0. The number of carbonyl (C=O) groups excluding carboxylic acids is 1. The molecule has 0 spiro atoms. The van der Waals surface area contributed by atoms with E-state index in [9.17, 15) is 4.79 Å². The molecule has 0 aliphatic carbocycles. The SMILES string of the molecule is CC(CO)(CO)NC(=O)CCCc1ccccc1. The third-order valence-corrected chi connectivity index (χ3v) is 2.85. The molecule has 1 rings (SSSR count). The van der Waals surface area contributed by atoms with Crippen LogP contribution in [-0.4, -0.2) is 34.9 Å². The molecular formula is C14H21NO3. The number of benzene rings is 1. The summed E-state index contributed by atoms with van der Waals surface area (Å²) in [7, 11) is 0. The maximum atomic E-state index is 11.6. The normalized spacial score (nSPS) is 11.3. The van der Waals surface area contributed by atoms with Crippen molar-refractivity contribution in [2.75, 3.05) is 13.2 Å². The minimum Gasteiger partial charge on any atom is -0.394 e. The van der Waals surface area contributed by atoms with Gasteiger partial charge in [0.2, 0.25) is 5.91 Å². The molecule has 0 aliphatic heterocycles. The van der Waals surface area contributed by atoms with Crippen LogP contribution in [0.15, 0.2) is 30.3 Å². The number of hydrogen-bond donors (Lipinski definition) is 3. The number of hydrogen-bond acceptors (Lipinski definition) is 3. The third-order valence-electron chi connectivity index (χ3n) is 2.85. The van der Waals surface area contributed by atoms with E-state index in [1.54, 1.807) is 6.92 Å². The van der Waals surface area contributed by atoms with Crippen molar-refractivity contribution in [2.45, 2.75) is 31.7 Å². The van der Waals surface area contributed by atoms with E-state index < -0.39 is 5.54 Å². The molecule has 1 amide bonds. The van der Waals surface area contributed by atoms with E-state index in [1.807, 2.05) is 30.3 Å². The van der Waals surface area contributed by atoms with Gasteiger partial charge < -0.3 is 15.5 Å². The molecule has 4 nitrogen and oxygen atoms in total. The lowest BCUT2D eigenvalue weighted by atomic mass is 10.0. The molecular weight excluding hydrogens is 230 g/mol. The second kappa shape index (κ2) is 7.13. The molecule has 3 N–H and O–H groups in total. The first-order valence-corrected chi connectivity index (χ1v) is 6.16. The molecule has 0 bridgehead atoms. The van der Waals surface area contributed by atoms with Crippen molar-refractivity contribution in [1.82, 2.24) is 5.32 Å². The number of aliphatic hydroxyl groups excluding tert-OH is 2. The van der Waals surface area contributed by atoms with Gasteiger partial charge in [0.25, 0.3) is 0 Å². The van der Waals surface area contributed by atoms with Gasteiger partial charge in [0.1, 0.15) is 0 Å². The fraction of sp³-hybridized carbons (Fsp3) is 0.500. The summed E-state index contributed by atoms with van der Waals surface area (Å²) in [6.45, 7) is 1.07. The van der Waals surface area contributed by atoms with Crippen LogP contribution >= 0.6 is 0 Å². The highest BCUT2D eigenvalue weighted by atomic mass is 16.3. The van der Waals surface area contributed by atoms with Gasteiger partial charge in [-0.2, -0.15) is 0 Å². The van der Waals surface area contributed by atoms with E-state index in [0.717, 1.165) is 12.8 Å². The Balaban J connectivity index is 2.30. The molecule has 1 aromatic rings. The lowest BCUT2D eigenvalue weighted by Crippen LogP contribution is -2.51. The molecule has 100 valence electrons. The quantitative estimate of drug-likeness (QED) is 0.673. The van der Waals surface area contributed by atoms with Crippen LogP contribution in [0.25, 0.3) is 0 Å². The molecule has 0 aliphatic rings. The molecule has 0 heterocycles. The Bertz CT molecular complexity index is 361. The maximum Gasteiger partial charge on any atom is 0.220 e. The van der Waals surface area contributed by atoms with Crippen molar-refractivity contribution in [3.05, 3.63) is 35.9 Å². The Kier molecular flexibility index (Phi) is 5.82. The van der Waals surface area contributed by atoms with Crippen molar-refractivity contribution in [3.8, 4) is 0 Å². The average molecular weight is 251 g/mol. The number of amides is 1. The van der Waals surface area contributed by atoms with Gasteiger partial charge in [-0.3, -0.25) is 4.79 Å². The summed E-state index contributed by atoms with van der Waals surface area (Å²) in [6, 6.07) is 9.98. The zero-order valence-electron chi connectivity index (χ0n) is 10.7. The number of carbonyl (C=O) groups is 1.